The van der Waals surface area contributed by atoms with Crippen molar-refractivity contribution in [2.75, 3.05) is 17.9 Å². The zero-order valence-electron chi connectivity index (χ0n) is 10.5. The smallest absolute Gasteiger partial charge is 0.239 e. The highest BCUT2D eigenvalue weighted by molar-refractivity contribution is 5.40. The van der Waals surface area contributed by atoms with Gasteiger partial charge in [0, 0.05) is 13.1 Å². The SMILES string of the molecule is COc1cc(CNc2nc(NN)ncc2F)nn1C. The Morgan fingerprint density at radius 3 is 2.95 bits per heavy atom. The molecule has 4 N–H and O–H groups in total. The van der Waals surface area contributed by atoms with Crippen LogP contribution in [0, 0.1) is 5.82 Å². The number of hydrogen-bond donors (Lipinski definition) is 3. The van der Waals surface area contributed by atoms with Crippen LogP contribution < -0.4 is 21.3 Å². The van der Waals surface area contributed by atoms with Gasteiger partial charge >= 0.3 is 0 Å². The van der Waals surface area contributed by atoms with Crippen molar-refractivity contribution in [1.29, 1.82) is 0 Å². The first-order valence-electron chi connectivity index (χ1n) is 5.44. The van der Waals surface area contributed by atoms with Crippen molar-refractivity contribution in [3.8, 4) is 5.88 Å². The molecule has 9 heteroatoms. The average Bonchev–Trinajstić information content (AvgIpc) is 2.78. The van der Waals surface area contributed by atoms with E-state index in [1.807, 2.05) is 0 Å². The minimum absolute atomic E-state index is 0.0487. The molecule has 2 aromatic heterocycles. The Morgan fingerprint density at radius 1 is 1.53 bits per heavy atom. The minimum Gasteiger partial charge on any atom is -0.481 e. The van der Waals surface area contributed by atoms with Gasteiger partial charge in [-0.15, -0.1) is 0 Å². The van der Waals surface area contributed by atoms with Crippen molar-refractivity contribution >= 4 is 11.8 Å². The second-order valence-electron chi connectivity index (χ2n) is 3.69. The topological polar surface area (TPSA) is 103 Å². The summed E-state index contributed by atoms with van der Waals surface area (Å²) >= 11 is 0. The maximum Gasteiger partial charge on any atom is 0.239 e. The Morgan fingerprint density at radius 2 is 2.32 bits per heavy atom. The summed E-state index contributed by atoms with van der Waals surface area (Å²) in [6.45, 7) is 0.301. The number of hydrazine groups is 1. The van der Waals surface area contributed by atoms with Crippen LogP contribution in [0.15, 0.2) is 12.3 Å². The van der Waals surface area contributed by atoms with Gasteiger partial charge in [0.15, 0.2) is 11.6 Å². The standard InChI is InChI=1S/C10H14FN7O/c1-18-8(19-2)3-6(17-18)4-13-9-7(11)5-14-10(15-9)16-12/h3,5H,4,12H2,1-2H3,(H2,13,14,15,16). The van der Waals surface area contributed by atoms with E-state index in [0.717, 1.165) is 6.20 Å². The zero-order valence-corrected chi connectivity index (χ0v) is 10.5. The minimum atomic E-state index is -0.568. The molecule has 0 fully saturated rings. The zero-order chi connectivity index (χ0) is 13.8. The number of methoxy groups -OCH3 is 1. The highest BCUT2D eigenvalue weighted by Gasteiger charge is 2.09. The largest absolute Gasteiger partial charge is 0.481 e. The number of aryl methyl sites for hydroxylation is 1. The second kappa shape index (κ2) is 5.48. The van der Waals surface area contributed by atoms with E-state index in [4.69, 9.17) is 10.6 Å². The molecule has 0 spiro atoms. The summed E-state index contributed by atoms with van der Waals surface area (Å²) in [6.07, 6.45) is 1.03. The molecule has 0 saturated carbocycles. The number of hydrogen-bond acceptors (Lipinski definition) is 7. The van der Waals surface area contributed by atoms with Gasteiger partial charge in [-0.3, -0.25) is 5.43 Å². The quantitative estimate of drug-likeness (QED) is 0.527. The fraction of sp³-hybridized carbons (Fsp3) is 0.300. The molecule has 0 aliphatic carbocycles. The molecule has 2 rings (SSSR count). The fourth-order valence-electron chi connectivity index (χ4n) is 1.52. The molecule has 0 bridgehead atoms. The highest BCUT2D eigenvalue weighted by Crippen LogP contribution is 2.15. The first-order chi connectivity index (χ1) is 9.13. The Balaban J connectivity index is 2.09. The van der Waals surface area contributed by atoms with Crippen LogP contribution in [0.4, 0.5) is 16.2 Å². The monoisotopic (exact) mass is 267 g/mol. The fourth-order valence-corrected chi connectivity index (χ4v) is 1.52. The third kappa shape index (κ3) is 2.88. The van der Waals surface area contributed by atoms with E-state index in [0.29, 0.717) is 18.1 Å². The predicted octanol–water partition coefficient (Wildman–Crippen LogP) is 0.255. The maximum atomic E-state index is 13.5. The van der Waals surface area contributed by atoms with Crippen molar-refractivity contribution < 1.29 is 9.13 Å². The van der Waals surface area contributed by atoms with Crippen LogP contribution in [-0.4, -0.2) is 26.9 Å². The summed E-state index contributed by atoms with van der Waals surface area (Å²) in [4.78, 5) is 7.50. The Labute approximate surface area is 108 Å². The van der Waals surface area contributed by atoms with E-state index in [-0.39, 0.29) is 11.8 Å². The van der Waals surface area contributed by atoms with Gasteiger partial charge in [0.05, 0.1) is 25.5 Å². The van der Waals surface area contributed by atoms with Crippen molar-refractivity contribution in [3.05, 3.63) is 23.8 Å². The van der Waals surface area contributed by atoms with Gasteiger partial charge in [-0.2, -0.15) is 10.1 Å². The summed E-state index contributed by atoms with van der Waals surface area (Å²) in [5.74, 6) is 5.38. The Bertz CT molecular complexity index is 571. The number of rotatable bonds is 5. The second-order valence-corrected chi connectivity index (χ2v) is 3.69. The van der Waals surface area contributed by atoms with Crippen LogP contribution in [0.25, 0.3) is 0 Å². The lowest BCUT2D eigenvalue weighted by molar-refractivity contribution is 0.373. The summed E-state index contributed by atoms with van der Waals surface area (Å²) in [6, 6.07) is 1.74. The molecular formula is C10H14FN7O. The first kappa shape index (κ1) is 13.0. The molecule has 2 aromatic rings. The molecule has 0 atom stereocenters. The van der Waals surface area contributed by atoms with E-state index >= 15 is 0 Å². The molecule has 8 nitrogen and oxygen atoms in total. The lowest BCUT2D eigenvalue weighted by Gasteiger charge is -2.05. The number of nitrogens with two attached hydrogens (primary N) is 1. The molecule has 19 heavy (non-hydrogen) atoms. The molecule has 0 aromatic carbocycles. The van der Waals surface area contributed by atoms with Gasteiger partial charge in [-0.25, -0.2) is 19.9 Å². The summed E-state index contributed by atoms with van der Waals surface area (Å²) < 4.78 is 20.1. The summed E-state index contributed by atoms with van der Waals surface area (Å²) in [5.41, 5.74) is 2.94. The van der Waals surface area contributed by atoms with E-state index in [1.165, 1.54) is 0 Å². The average molecular weight is 267 g/mol. The number of nitrogen functional groups attached to an aromatic ring is 1. The molecule has 102 valence electrons. The van der Waals surface area contributed by atoms with Gasteiger partial charge < -0.3 is 10.1 Å². The van der Waals surface area contributed by atoms with Crippen LogP contribution in [-0.2, 0) is 13.6 Å². The van der Waals surface area contributed by atoms with Crippen LogP contribution >= 0.6 is 0 Å². The van der Waals surface area contributed by atoms with E-state index in [1.54, 1.807) is 24.9 Å². The molecule has 2 heterocycles. The molecule has 0 radical (unpaired) electrons. The maximum absolute atomic E-state index is 13.5. The van der Waals surface area contributed by atoms with Gasteiger partial charge in [-0.05, 0) is 0 Å². The Kier molecular flexibility index (Phi) is 3.76. The molecule has 0 unspecified atom stereocenters. The molecular weight excluding hydrogens is 253 g/mol. The van der Waals surface area contributed by atoms with E-state index in [2.05, 4.69) is 25.8 Å². The molecule has 0 aliphatic rings. The van der Waals surface area contributed by atoms with Gasteiger partial charge in [0.1, 0.15) is 0 Å². The predicted molar refractivity (Wildman–Crippen MR) is 66.9 cm³/mol. The summed E-state index contributed by atoms with van der Waals surface area (Å²) in [5, 5.41) is 7.01. The molecule has 0 amide bonds. The Hall–Kier alpha value is -2.42. The van der Waals surface area contributed by atoms with Crippen molar-refractivity contribution in [3.63, 3.8) is 0 Å². The highest BCUT2D eigenvalue weighted by atomic mass is 19.1. The van der Waals surface area contributed by atoms with E-state index in [9.17, 15) is 4.39 Å². The third-order valence-electron chi connectivity index (χ3n) is 2.41. The van der Waals surface area contributed by atoms with Gasteiger partial charge in [-0.1, -0.05) is 0 Å². The van der Waals surface area contributed by atoms with Crippen molar-refractivity contribution in [2.24, 2.45) is 12.9 Å². The normalized spacial score (nSPS) is 10.3. The van der Waals surface area contributed by atoms with Crippen LogP contribution in [0.3, 0.4) is 0 Å². The number of nitrogens with zero attached hydrogens (tertiary/aromatic N) is 4. The number of anilines is 2. The van der Waals surface area contributed by atoms with Crippen molar-refractivity contribution in [1.82, 2.24) is 19.7 Å². The van der Waals surface area contributed by atoms with E-state index < -0.39 is 5.82 Å². The number of halogens is 1. The van der Waals surface area contributed by atoms with Crippen molar-refractivity contribution in [2.45, 2.75) is 6.54 Å². The van der Waals surface area contributed by atoms with Gasteiger partial charge in [0.2, 0.25) is 11.8 Å². The van der Waals surface area contributed by atoms with Gasteiger partial charge in [0.25, 0.3) is 0 Å². The van der Waals surface area contributed by atoms with Crippen LogP contribution in [0.5, 0.6) is 5.88 Å². The number of nitrogens with one attached hydrogen (secondary N) is 2. The van der Waals surface area contributed by atoms with Crippen LogP contribution in [0.2, 0.25) is 0 Å². The van der Waals surface area contributed by atoms with Crippen LogP contribution in [0.1, 0.15) is 5.69 Å². The number of aromatic nitrogens is 4. The number of ether oxygens (including phenoxy) is 1. The molecule has 0 saturated heterocycles. The third-order valence-corrected chi connectivity index (χ3v) is 2.41. The summed E-state index contributed by atoms with van der Waals surface area (Å²) in [7, 11) is 3.31. The lowest BCUT2D eigenvalue weighted by Crippen LogP contribution is -2.13. The first-order valence-corrected chi connectivity index (χ1v) is 5.44. The lowest BCUT2D eigenvalue weighted by atomic mass is 10.4. The molecule has 0 aliphatic heterocycles.